The van der Waals surface area contributed by atoms with E-state index in [4.69, 9.17) is 5.11 Å². The minimum atomic E-state index is -3.70. The van der Waals surface area contributed by atoms with Gasteiger partial charge in [0, 0.05) is 6.04 Å². The average molecular weight is 285 g/mol. The molecule has 100 valence electrons. The van der Waals surface area contributed by atoms with Crippen molar-refractivity contribution in [3.8, 4) is 0 Å². The molecule has 0 aromatic heterocycles. The fraction of sp³-hybridized carbons (Fsp3) is 0.875. The summed E-state index contributed by atoms with van der Waals surface area (Å²) in [6.07, 6.45) is 0.162. The number of sulfone groups is 1. The summed E-state index contributed by atoms with van der Waals surface area (Å²) < 4.78 is 46.7. The Hall–Kier alpha value is -0.670. The highest BCUT2D eigenvalue weighted by Gasteiger charge is 2.38. The first-order valence-electron chi connectivity index (χ1n) is 5.09. The van der Waals surface area contributed by atoms with Crippen molar-refractivity contribution >= 4 is 25.8 Å². The Labute approximate surface area is 100 Å². The Morgan fingerprint density at radius 2 is 2.06 bits per heavy atom. The molecule has 0 amide bonds. The first-order valence-corrected chi connectivity index (χ1v) is 8.53. The molecule has 1 fully saturated rings. The molecule has 0 radical (unpaired) electrons. The quantitative estimate of drug-likeness (QED) is 0.687. The second kappa shape index (κ2) is 4.91. The van der Waals surface area contributed by atoms with Gasteiger partial charge in [-0.1, -0.05) is 0 Å². The fourth-order valence-electron chi connectivity index (χ4n) is 1.76. The zero-order valence-corrected chi connectivity index (χ0v) is 11.0. The second-order valence-corrected chi connectivity index (χ2v) is 8.34. The molecular weight excluding hydrogens is 270 g/mol. The first-order chi connectivity index (χ1) is 7.68. The third-order valence-electron chi connectivity index (χ3n) is 2.63. The molecule has 0 spiro atoms. The van der Waals surface area contributed by atoms with E-state index in [0.29, 0.717) is 0 Å². The maximum Gasteiger partial charge on any atom is 0.318 e. The van der Waals surface area contributed by atoms with Crippen LogP contribution in [0.4, 0.5) is 0 Å². The van der Waals surface area contributed by atoms with Crippen LogP contribution in [0.5, 0.6) is 0 Å². The van der Waals surface area contributed by atoms with Gasteiger partial charge in [0.05, 0.1) is 17.3 Å². The van der Waals surface area contributed by atoms with Gasteiger partial charge in [-0.2, -0.15) is 4.31 Å². The molecule has 7 nitrogen and oxygen atoms in total. The lowest BCUT2D eigenvalue weighted by atomic mass is 10.2. The summed E-state index contributed by atoms with van der Waals surface area (Å²) in [5, 5.41) is 8.68. The molecule has 1 N–H and O–H groups in total. The molecule has 0 aromatic carbocycles. The van der Waals surface area contributed by atoms with Gasteiger partial charge in [0.1, 0.15) is 6.54 Å². The van der Waals surface area contributed by atoms with Gasteiger partial charge in [-0.05, 0) is 13.3 Å². The maximum atomic E-state index is 11.7. The number of carbonyl (C=O) groups is 1. The van der Waals surface area contributed by atoms with E-state index in [1.54, 1.807) is 0 Å². The summed E-state index contributed by atoms with van der Waals surface area (Å²) in [5.41, 5.74) is 0. The molecule has 17 heavy (non-hydrogen) atoms. The van der Waals surface area contributed by atoms with E-state index in [2.05, 4.69) is 0 Å². The second-order valence-electron chi connectivity index (χ2n) is 3.90. The highest BCUT2D eigenvalue weighted by molar-refractivity contribution is 7.92. The third kappa shape index (κ3) is 3.65. The monoisotopic (exact) mass is 285 g/mol. The van der Waals surface area contributed by atoms with Crippen LogP contribution in [0.1, 0.15) is 13.3 Å². The smallest absolute Gasteiger partial charge is 0.318 e. The van der Waals surface area contributed by atoms with Crippen molar-refractivity contribution in [2.75, 3.05) is 23.8 Å². The number of rotatable bonds is 5. The highest BCUT2D eigenvalue weighted by Crippen LogP contribution is 2.20. The van der Waals surface area contributed by atoms with Crippen molar-refractivity contribution in [2.24, 2.45) is 0 Å². The number of nitrogens with zero attached hydrogens (tertiary/aromatic N) is 1. The minimum absolute atomic E-state index is 0.0903. The van der Waals surface area contributed by atoms with E-state index in [-0.39, 0.29) is 23.7 Å². The normalized spacial score (nSPS) is 24.0. The van der Waals surface area contributed by atoms with Crippen molar-refractivity contribution in [3.05, 3.63) is 0 Å². The SMILES string of the molecule is CCS(=O)(=O)N(CC(=O)O)C1CCS(=O)(=O)C1. The molecule has 1 atom stereocenters. The Balaban J connectivity index is 2.97. The molecule has 1 heterocycles. The summed E-state index contributed by atoms with van der Waals surface area (Å²) in [6.45, 7) is 0.712. The lowest BCUT2D eigenvalue weighted by Crippen LogP contribution is -2.44. The van der Waals surface area contributed by atoms with Crippen LogP contribution in [-0.4, -0.2) is 62.1 Å². The lowest BCUT2D eigenvalue weighted by molar-refractivity contribution is -0.137. The summed E-state index contributed by atoms with van der Waals surface area (Å²) in [6, 6.07) is -0.749. The van der Waals surface area contributed by atoms with Crippen molar-refractivity contribution in [2.45, 2.75) is 19.4 Å². The van der Waals surface area contributed by atoms with Crippen molar-refractivity contribution in [3.63, 3.8) is 0 Å². The number of hydrogen-bond acceptors (Lipinski definition) is 5. The molecule has 1 unspecified atom stereocenters. The van der Waals surface area contributed by atoms with E-state index < -0.39 is 38.4 Å². The van der Waals surface area contributed by atoms with Crippen LogP contribution in [0.3, 0.4) is 0 Å². The molecule has 0 saturated carbocycles. The van der Waals surface area contributed by atoms with E-state index in [1.165, 1.54) is 6.92 Å². The van der Waals surface area contributed by atoms with Crippen molar-refractivity contribution in [1.82, 2.24) is 4.31 Å². The number of sulfonamides is 1. The summed E-state index contributed by atoms with van der Waals surface area (Å²) in [5.74, 6) is -1.91. The predicted octanol–water partition coefficient (Wildman–Crippen LogP) is -1.09. The zero-order chi connectivity index (χ0) is 13.3. The van der Waals surface area contributed by atoms with Crippen LogP contribution >= 0.6 is 0 Å². The van der Waals surface area contributed by atoms with Crippen molar-refractivity contribution < 1.29 is 26.7 Å². The Kier molecular flexibility index (Phi) is 4.15. The largest absolute Gasteiger partial charge is 0.480 e. The standard InChI is InChI=1S/C8H15NO6S2/c1-2-17(14,15)9(5-8(10)11)7-3-4-16(12,13)6-7/h7H,2-6H2,1H3,(H,10,11). The Bertz CT molecular complexity index is 494. The highest BCUT2D eigenvalue weighted by atomic mass is 32.2. The van der Waals surface area contributed by atoms with Crippen LogP contribution in [0.25, 0.3) is 0 Å². The maximum absolute atomic E-state index is 11.7. The van der Waals surface area contributed by atoms with E-state index in [0.717, 1.165) is 4.31 Å². The van der Waals surface area contributed by atoms with Crippen LogP contribution in [0, 0.1) is 0 Å². The molecule has 0 aliphatic carbocycles. The molecule has 1 aliphatic heterocycles. The molecule has 9 heteroatoms. The molecule has 1 aliphatic rings. The van der Waals surface area contributed by atoms with Crippen LogP contribution in [-0.2, 0) is 24.7 Å². The number of hydrogen-bond donors (Lipinski definition) is 1. The van der Waals surface area contributed by atoms with Gasteiger partial charge in [0.2, 0.25) is 10.0 Å². The van der Waals surface area contributed by atoms with Gasteiger partial charge >= 0.3 is 5.97 Å². The van der Waals surface area contributed by atoms with Gasteiger partial charge < -0.3 is 5.11 Å². The number of carboxylic acids is 1. The van der Waals surface area contributed by atoms with E-state index in [9.17, 15) is 21.6 Å². The van der Waals surface area contributed by atoms with Gasteiger partial charge in [0.15, 0.2) is 9.84 Å². The van der Waals surface area contributed by atoms with E-state index >= 15 is 0 Å². The summed E-state index contributed by atoms with van der Waals surface area (Å²) in [4.78, 5) is 10.6. The molecule has 1 saturated heterocycles. The fourth-order valence-corrected chi connectivity index (χ4v) is 4.85. The third-order valence-corrected chi connectivity index (χ3v) is 6.25. The molecule has 0 bridgehead atoms. The zero-order valence-electron chi connectivity index (χ0n) is 9.37. The van der Waals surface area contributed by atoms with Crippen LogP contribution < -0.4 is 0 Å². The van der Waals surface area contributed by atoms with Crippen molar-refractivity contribution in [1.29, 1.82) is 0 Å². The Morgan fingerprint density at radius 1 is 1.47 bits per heavy atom. The minimum Gasteiger partial charge on any atom is -0.480 e. The number of aliphatic carboxylic acids is 1. The Morgan fingerprint density at radius 3 is 2.41 bits per heavy atom. The van der Waals surface area contributed by atoms with Gasteiger partial charge in [-0.3, -0.25) is 4.79 Å². The number of carboxylic acid groups (broad SMARTS) is 1. The van der Waals surface area contributed by atoms with E-state index in [1.807, 2.05) is 0 Å². The first kappa shape index (κ1) is 14.4. The summed E-state index contributed by atoms with van der Waals surface area (Å²) >= 11 is 0. The van der Waals surface area contributed by atoms with Crippen LogP contribution in [0.15, 0.2) is 0 Å². The topological polar surface area (TPSA) is 109 Å². The lowest BCUT2D eigenvalue weighted by Gasteiger charge is -2.24. The van der Waals surface area contributed by atoms with Crippen LogP contribution in [0.2, 0.25) is 0 Å². The molecular formula is C8H15NO6S2. The summed E-state index contributed by atoms with van der Waals surface area (Å²) in [7, 11) is -6.94. The van der Waals surface area contributed by atoms with Gasteiger partial charge in [-0.15, -0.1) is 0 Å². The average Bonchev–Trinajstić information content (AvgIpc) is 2.54. The van der Waals surface area contributed by atoms with Gasteiger partial charge in [0.25, 0.3) is 0 Å². The predicted molar refractivity (Wildman–Crippen MR) is 60.9 cm³/mol. The van der Waals surface area contributed by atoms with Gasteiger partial charge in [-0.25, -0.2) is 16.8 Å². The molecule has 0 aromatic rings. The molecule has 1 rings (SSSR count).